The molecule has 0 unspecified atom stereocenters. The van der Waals surface area contributed by atoms with Crippen LogP contribution in [0.4, 0.5) is 4.79 Å². The Morgan fingerprint density at radius 2 is 1.20 bits per heavy atom. The van der Waals surface area contributed by atoms with Crippen molar-refractivity contribution in [3.63, 3.8) is 0 Å². The Hall–Kier alpha value is -3.31. The molecule has 1 aromatic rings. The van der Waals surface area contributed by atoms with E-state index in [1.54, 1.807) is 9.80 Å². The summed E-state index contributed by atoms with van der Waals surface area (Å²) in [6, 6.07) is 9.69. The summed E-state index contributed by atoms with van der Waals surface area (Å²) in [4.78, 5) is 63.0. The Morgan fingerprint density at radius 3 is 1.67 bits per heavy atom. The van der Waals surface area contributed by atoms with Gasteiger partial charge in [0, 0.05) is 58.9 Å². The van der Waals surface area contributed by atoms with E-state index in [-0.39, 0.29) is 49.3 Å². The molecule has 1 saturated heterocycles. The van der Waals surface area contributed by atoms with E-state index in [9.17, 15) is 14.4 Å². The number of nitrogens with zero attached hydrogens (tertiary/aromatic N) is 4. The van der Waals surface area contributed by atoms with E-state index in [0.29, 0.717) is 32.7 Å². The van der Waals surface area contributed by atoms with E-state index in [0.717, 1.165) is 31.7 Å². The summed E-state index contributed by atoms with van der Waals surface area (Å²) >= 11 is 0. The van der Waals surface area contributed by atoms with Crippen molar-refractivity contribution < 1.29 is 38.2 Å². The molecule has 12 heteroatoms. The molecule has 1 aromatic carbocycles. The Balaban J connectivity index is 0.00000338. The lowest BCUT2D eigenvalue weighted by Gasteiger charge is -2.32. The summed E-state index contributed by atoms with van der Waals surface area (Å²) in [7, 11) is 0. The molecule has 0 saturated carbocycles. The first-order valence-corrected chi connectivity index (χ1v) is 15.9. The predicted octanol–water partition coefficient (Wildman–Crippen LogP) is 3.69. The first kappa shape index (κ1) is 40.7. The largest absolute Gasteiger partial charge is 0.459 e. The minimum absolute atomic E-state index is 0.0154. The molecule has 260 valence electrons. The highest BCUT2D eigenvalue weighted by molar-refractivity contribution is 5.75. The Bertz CT molecular complexity index is 1070. The van der Waals surface area contributed by atoms with Crippen molar-refractivity contribution in [2.24, 2.45) is 5.41 Å². The van der Waals surface area contributed by atoms with Crippen LogP contribution in [0.5, 0.6) is 0 Å². The standard InChI is InChI=1S/C33H56N4O6.CO2/c1-31(2,3)26-35-17-15-34(19-21-37(22-20-35)30(40)41-25-27-13-11-10-12-14-27)16-18-36(23-28(38)42-32(4,5)6)24-29(39)43-33(7,8)9;2-1-3/h10-14H,15-26H2,1-9H3;. The summed E-state index contributed by atoms with van der Waals surface area (Å²) in [5, 5.41) is 0. The van der Waals surface area contributed by atoms with Crippen LogP contribution in [0.2, 0.25) is 0 Å². The summed E-state index contributed by atoms with van der Waals surface area (Å²) in [5.41, 5.74) is -0.184. The van der Waals surface area contributed by atoms with Crippen molar-refractivity contribution in [2.45, 2.75) is 80.1 Å². The lowest BCUT2D eigenvalue weighted by atomic mass is 9.96. The third-order valence-electron chi connectivity index (χ3n) is 6.54. The van der Waals surface area contributed by atoms with E-state index >= 15 is 0 Å². The van der Waals surface area contributed by atoms with Crippen molar-refractivity contribution >= 4 is 24.2 Å². The average Bonchev–Trinajstić information content (AvgIpc) is 2.99. The number of hydrogen-bond donors (Lipinski definition) is 0. The lowest BCUT2D eigenvalue weighted by Crippen LogP contribution is -2.45. The van der Waals surface area contributed by atoms with Gasteiger partial charge in [0.1, 0.15) is 17.8 Å². The molecular weight excluding hydrogens is 592 g/mol. The molecule has 1 aliphatic heterocycles. The maximum atomic E-state index is 13.1. The van der Waals surface area contributed by atoms with Gasteiger partial charge in [-0.3, -0.25) is 24.3 Å². The second-order valence-corrected chi connectivity index (χ2v) is 14.7. The second kappa shape index (κ2) is 19.4. The van der Waals surface area contributed by atoms with E-state index in [1.807, 2.05) is 71.9 Å². The minimum atomic E-state index is -0.620. The number of hydrogen-bond acceptors (Lipinski definition) is 11. The Morgan fingerprint density at radius 1 is 0.739 bits per heavy atom. The highest BCUT2D eigenvalue weighted by Crippen LogP contribution is 2.16. The van der Waals surface area contributed by atoms with Gasteiger partial charge in [-0.05, 0) is 52.5 Å². The molecule has 0 aliphatic carbocycles. The summed E-state index contributed by atoms with van der Waals surface area (Å²) < 4.78 is 16.8. The summed E-state index contributed by atoms with van der Waals surface area (Å²) in [5.74, 6) is -0.770. The SMILES string of the molecule is CC(C)(C)CN1CCN(CCN(CC(=O)OC(C)(C)C)CC(=O)OC(C)(C)C)CCN(C(=O)OCc2ccccc2)CC1.O=C=O. The van der Waals surface area contributed by atoms with Gasteiger partial charge < -0.3 is 19.1 Å². The maximum absolute atomic E-state index is 13.1. The van der Waals surface area contributed by atoms with Crippen LogP contribution in [-0.4, -0.2) is 127 Å². The van der Waals surface area contributed by atoms with Crippen LogP contribution in [-0.2, 0) is 40.0 Å². The molecule has 0 spiro atoms. The van der Waals surface area contributed by atoms with Crippen LogP contribution in [0, 0.1) is 5.41 Å². The van der Waals surface area contributed by atoms with Gasteiger partial charge in [-0.1, -0.05) is 51.1 Å². The van der Waals surface area contributed by atoms with Gasteiger partial charge in [-0.15, -0.1) is 0 Å². The fourth-order valence-electron chi connectivity index (χ4n) is 4.80. The third kappa shape index (κ3) is 19.9. The molecule has 1 aliphatic rings. The predicted molar refractivity (Wildman–Crippen MR) is 174 cm³/mol. The molecule has 0 N–H and O–H groups in total. The van der Waals surface area contributed by atoms with Crippen LogP contribution >= 0.6 is 0 Å². The fourth-order valence-corrected chi connectivity index (χ4v) is 4.80. The lowest BCUT2D eigenvalue weighted by molar-refractivity contribution is -0.191. The number of benzene rings is 1. The molecule has 2 rings (SSSR count). The van der Waals surface area contributed by atoms with Crippen molar-refractivity contribution in [3.05, 3.63) is 35.9 Å². The van der Waals surface area contributed by atoms with Gasteiger partial charge in [0.25, 0.3) is 0 Å². The van der Waals surface area contributed by atoms with Crippen LogP contribution < -0.4 is 0 Å². The van der Waals surface area contributed by atoms with Crippen LogP contribution in [0.15, 0.2) is 30.3 Å². The molecule has 0 aromatic heterocycles. The van der Waals surface area contributed by atoms with E-state index in [4.69, 9.17) is 23.8 Å². The number of carbonyl (C=O) groups excluding carboxylic acids is 5. The Kier molecular flexibility index (Phi) is 17.1. The molecule has 0 bridgehead atoms. The fraction of sp³-hybridized carbons (Fsp3) is 0.706. The molecule has 12 nitrogen and oxygen atoms in total. The number of rotatable bonds is 10. The molecular formula is C34H56N4O8. The zero-order chi connectivity index (χ0) is 35.0. The first-order valence-electron chi connectivity index (χ1n) is 15.9. The summed E-state index contributed by atoms with van der Waals surface area (Å²) in [6.45, 7) is 24.0. The molecule has 46 heavy (non-hydrogen) atoms. The normalized spacial score (nSPS) is 15.4. The van der Waals surface area contributed by atoms with Crippen molar-refractivity contribution in [1.82, 2.24) is 19.6 Å². The Labute approximate surface area is 275 Å². The van der Waals surface area contributed by atoms with E-state index < -0.39 is 11.2 Å². The number of amides is 1. The zero-order valence-electron chi connectivity index (χ0n) is 29.4. The van der Waals surface area contributed by atoms with Gasteiger partial charge in [-0.2, -0.15) is 9.59 Å². The quantitative estimate of drug-likeness (QED) is 0.272. The van der Waals surface area contributed by atoms with Gasteiger partial charge in [-0.25, -0.2) is 4.79 Å². The zero-order valence-corrected chi connectivity index (χ0v) is 29.4. The molecule has 0 radical (unpaired) electrons. The average molecular weight is 649 g/mol. The van der Waals surface area contributed by atoms with Crippen molar-refractivity contribution in [2.75, 3.05) is 72.0 Å². The topological polar surface area (TPSA) is 126 Å². The van der Waals surface area contributed by atoms with Crippen molar-refractivity contribution in [1.29, 1.82) is 0 Å². The molecule has 1 amide bonds. The maximum Gasteiger partial charge on any atom is 0.410 e. The second-order valence-electron chi connectivity index (χ2n) is 14.7. The van der Waals surface area contributed by atoms with Crippen LogP contribution in [0.25, 0.3) is 0 Å². The van der Waals surface area contributed by atoms with Crippen molar-refractivity contribution in [3.8, 4) is 0 Å². The molecule has 1 fully saturated rings. The van der Waals surface area contributed by atoms with E-state index in [1.165, 1.54) is 0 Å². The van der Waals surface area contributed by atoms with Crippen LogP contribution in [0.3, 0.4) is 0 Å². The molecule has 1 heterocycles. The highest BCUT2D eigenvalue weighted by Gasteiger charge is 2.26. The smallest absolute Gasteiger partial charge is 0.410 e. The molecule has 0 atom stereocenters. The summed E-state index contributed by atoms with van der Waals surface area (Å²) in [6.07, 6.45) is -0.0714. The number of ether oxygens (including phenoxy) is 3. The van der Waals surface area contributed by atoms with Gasteiger partial charge >= 0.3 is 24.2 Å². The first-order chi connectivity index (χ1) is 21.3. The van der Waals surface area contributed by atoms with Gasteiger partial charge in [0.15, 0.2) is 0 Å². The number of carbonyl (C=O) groups is 3. The third-order valence-corrected chi connectivity index (χ3v) is 6.54. The highest BCUT2D eigenvalue weighted by atomic mass is 16.6. The van der Waals surface area contributed by atoms with Crippen LogP contribution in [0.1, 0.15) is 67.9 Å². The van der Waals surface area contributed by atoms with E-state index in [2.05, 4.69) is 30.6 Å². The monoisotopic (exact) mass is 648 g/mol. The van der Waals surface area contributed by atoms with Gasteiger partial charge in [0.05, 0.1) is 13.1 Å². The van der Waals surface area contributed by atoms with Gasteiger partial charge in [0.2, 0.25) is 0 Å². The number of esters is 2. The minimum Gasteiger partial charge on any atom is -0.459 e.